The Morgan fingerprint density at radius 3 is 2.53 bits per heavy atom. The van der Waals surface area contributed by atoms with Crippen LogP contribution >= 0.6 is 35.2 Å². The van der Waals surface area contributed by atoms with E-state index in [2.05, 4.69) is 10.5 Å². The number of carbonyl (C=O) groups excluding carboxylic acids is 1. The Hall–Kier alpha value is -2.47. The molecule has 1 saturated heterocycles. The second kappa shape index (κ2) is 8.33. The van der Waals surface area contributed by atoms with Crippen LogP contribution in [0.1, 0.15) is 27.9 Å². The molecule has 2 aromatic carbocycles. The molecule has 0 saturated carbocycles. The van der Waals surface area contributed by atoms with Crippen molar-refractivity contribution < 1.29 is 35.8 Å². The van der Waals surface area contributed by atoms with Crippen molar-refractivity contribution in [3.63, 3.8) is 0 Å². The van der Waals surface area contributed by atoms with Gasteiger partial charge >= 0.3 is 6.18 Å². The SMILES string of the molecule is O=C(NC1COS1)c1ccc(C2=NOC(c3cc(Cl)c(F)c(Cl)c3)(C(F)(F)F)C2)c2ccoc12. The smallest absolute Gasteiger partial charge is 0.435 e. The number of nitrogens with one attached hydrogen (secondary N) is 1. The molecular formula is C21H12Cl2F4N2O4S. The number of furan rings is 1. The number of fused-ring (bicyclic) bond motifs is 1. The molecule has 6 nitrogen and oxygen atoms in total. The van der Waals surface area contributed by atoms with E-state index < -0.39 is 45.5 Å². The monoisotopic (exact) mass is 534 g/mol. The zero-order valence-electron chi connectivity index (χ0n) is 16.7. The maximum absolute atomic E-state index is 14.3. The van der Waals surface area contributed by atoms with E-state index in [9.17, 15) is 22.4 Å². The molecule has 13 heteroatoms. The largest absolute Gasteiger partial charge is 0.463 e. The molecule has 0 radical (unpaired) electrons. The van der Waals surface area contributed by atoms with Gasteiger partial charge in [-0.1, -0.05) is 34.4 Å². The summed E-state index contributed by atoms with van der Waals surface area (Å²) in [6.07, 6.45) is -4.36. The number of halogens is 6. The molecule has 3 aromatic rings. The maximum Gasteiger partial charge on any atom is 0.435 e. The molecule has 2 aliphatic rings. The summed E-state index contributed by atoms with van der Waals surface area (Å²) >= 11 is 12.6. The Kier molecular flexibility index (Phi) is 5.70. The summed E-state index contributed by atoms with van der Waals surface area (Å²) in [5.74, 6) is -1.46. The number of nitrogens with zero attached hydrogens (tertiary/aromatic N) is 1. The summed E-state index contributed by atoms with van der Waals surface area (Å²) < 4.78 is 67.1. The highest BCUT2D eigenvalue weighted by Gasteiger charge is 2.62. The number of rotatable bonds is 4. The highest BCUT2D eigenvalue weighted by atomic mass is 35.5. The number of benzene rings is 2. The molecule has 0 bridgehead atoms. The highest BCUT2D eigenvalue weighted by molar-refractivity contribution is 7.96. The Bertz CT molecular complexity index is 1320. The van der Waals surface area contributed by atoms with Gasteiger partial charge in [0.25, 0.3) is 11.5 Å². The van der Waals surface area contributed by atoms with Gasteiger partial charge < -0.3 is 18.8 Å². The quantitative estimate of drug-likeness (QED) is 0.245. The van der Waals surface area contributed by atoms with E-state index in [1.807, 2.05) is 0 Å². The number of hydrogen-bond donors (Lipinski definition) is 1. The van der Waals surface area contributed by atoms with E-state index in [4.69, 9.17) is 36.6 Å². The predicted molar refractivity (Wildman–Crippen MR) is 117 cm³/mol. The summed E-state index contributed by atoms with van der Waals surface area (Å²) in [5.41, 5.74) is -2.80. The molecule has 0 aliphatic carbocycles. The molecule has 2 unspecified atom stereocenters. The molecule has 0 spiro atoms. The van der Waals surface area contributed by atoms with Crippen LogP contribution in [0.15, 0.2) is 46.2 Å². The number of oxime groups is 1. The summed E-state index contributed by atoms with van der Waals surface area (Å²) in [5, 5.41) is 5.48. The van der Waals surface area contributed by atoms with Crippen molar-refractivity contribution in [2.24, 2.45) is 5.16 Å². The first-order valence-electron chi connectivity index (χ1n) is 9.67. The number of amides is 1. The molecule has 1 fully saturated rings. The van der Waals surface area contributed by atoms with Crippen LogP contribution < -0.4 is 5.32 Å². The number of carbonyl (C=O) groups is 1. The zero-order valence-corrected chi connectivity index (χ0v) is 19.0. The van der Waals surface area contributed by atoms with Gasteiger partial charge in [0.15, 0.2) is 5.82 Å². The summed E-state index contributed by atoms with van der Waals surface area (Å²) in [6, 6.07) is 6.05. The molecule has 1 amide bonds. The molecule has 5 rings (SSSR count). The lowest BCUT2D eigenvalue weighted by Gasteiger charge is -2.29. The molecule has 2 atom stereocenters. The fourth-order valence-electron chi connectivity index (χ4n) is 3.76. The van der Waals surface area contributed by atoms with Gasteiger partial charge in [-0.05, 0) is 24.3 Å². The fourth-order valence-corrected chi connectivity index (χ4v) is 4.67. The molecular weight excluding hydrogens is 523 g/mol. The third-order valence-corrected chi connectivity index (χ3v) is 6.81. The van der Waals surface area contributed by atoms with Crippen molar-refractivity contribution in [3.8, 4) is 0 Å². The number of alkyl halides is 3. The first kappa shape index (κ1) is 23.3. The van der Waals surface area contributed by atoms with Gasteiger partial charge in [-0.3, -0.25) is 4.79 Å². The third kappa shape index (κ3) is 3.71. The average Bonchev–Trinajstić information content (AvgIpc) is 3.41. The molecule has 34 heavy (non-hydrogen) atoms. The highest BCUT2D eigenvalue weighted by Crippen LogP contribution is 2.50. The van der Waals surface area contributed by atoms with Crippen molar-refractivity contribution in [3.05, 3.63) is 69.1 Å². The minimum atomic E-state index is -4.94. The maximum atomic E-state index is 14.3. The van der Waals surface area contributed by atoms with Crippen LogP contribution in [0.3, 0.4) is 0 Å². The lowest BCUT2D eigenvalue weighted by molar-refractivity contribution is -0.275. The van der Waals surface area contributed by atoms with Crippen LogP contribution in [-0.4, -0.2) is 29.8 Å². The standard InChI is InChI=1S/C21H12Cl2F4N2O4S/c22-13-5-9(6-14(23)17(13)24)20(21(25,26)27)7-15(29-33-20)10-1-2-12(18-11(10)3-4-31-18)19(30)28-16-8-32-34-16/h1-6,16H,7-8H2,(H,28,30). The molecule has 1 N–H and O–H groups in total. The van der Waals surface area contributed by atoms with E-state index in [-0.39, 0.29) is 27.8 Å². The minimum absolute atomic E-state index is 0.0461. The van der Waals surface area contributed by atoms with Crippen LogP contribution in [0.5, 0.6) is 0 Å². The van der Waals surface area contributed by atoms with Crippen LogP contribution in [-0.2, 0) is 14.6 Å². The van der Waals surface area contributed by atoms with Crippen molar-refractivity contribution in [1.29, 1.82) is 0 Å². The van der Waals surface area contributed by atoms with E-state index in [1.54, 1.807) is 0 Å². The summed E-state index contributed by atoms with van der Waals surface area (Å²) in [7, 11) is 0. The Balaban J connectivity index is 1.52. The van der Waals surface area contributed by atoms with Crippen molar-refractivity contribution >= 4 is 57.8 Å². The zero-order chi connectivity index (χ0) is 24.3. The topological polar surface area (TPSA) is 73.1 Å². The van der Waals surface area contributed by atoms with E-state index in [0.29, 0.717) is 12.0 Å². The lowest BCUT2D eigenvalue weighted by atomic mass is 9.86. The first-order valence-corrected chi connectivity index (χ1v) is 11.2. The number of hydrogen-bond acceptors (Lipinski definition) is 6. The van der Waals surface area contributed by atoms with Crippen LogP contribution in [0.4, 0.5) is 17.6 Å². The molecule has 2 aliphatic heterocycles. The average molecular weight is 535 g/mol. The third-order valence-electron chi connectivity index (χ3n) is 5.50. The fraction of sp³-hybridized carbons (Fsp3) is 0.238. The van der Waals surface area contributed by atoms with Gasteiger partial charge in [0, 0.05) is 35.0 Å². The van der Waals surface area contributed by atoms with Crippen molar-refractivity contribution in [2.45, 2.75) is 23.6 Å². The summed E-state index contributed by atoms with van der Waals surface area (Å²) in [4.78, 5) is 17.6. The van der Waals surface area contributed by atoms with E-state index in [1.165, 1.54) is 24.5 Å². The lowest BCUT2D eigenvalue weighted by Crippen LogP contribution is -2.42. The molecule has 1 aromatic heterocycles. The first-order chi connectivity index (χ1) is 16.1. The van der Waals surface area contributed by atoms with Crippen LogP contribution in [0, 0.1) is 5.82 Å². The van der Waals surface area contributed by atoms with E-state index >= 15 is 0 Å². The predicted octanol–water partition coefficient (Wildman–Crippen LogP) is 6.20. The van der Waals surface area contributed by atoms with Crippen LogP contribution in [0.2, 0.25) is 10.0 Å². The Morgan fingerprint density at radius 1 is 1.21 bits per heavy atom. The minimum Gasteiger partial charge on any atom is -0.463 e. The van der Waals surface area contributed by atoms with Crippen LogP contribution in [0.25, 0.3) is 11.0 Å². The van der Waals surface area contributed by atoms with Gasteiger partial charge in [0.2, 0.25) is 0 Å². The van der Waals surface area contributed by atoms with Gasteiger partial charge in [-0.25, -0.2) is 4.39 Å². The molecule has 178 valence electrons. The Labute approximate surface area is 203 Å². The second-order valence-electron chi connectivity index (χ2n) is 7.55. The van der Waals surface area contributed by atoms with Gasteiger partial charge in [-0.15, -0.1) is 0 Å². The molecule has 3 heterocycles. The van der Waals surface area contributed by atoms with Crippen molar-refractivity contribution in [1.82, 2.24) is 5.32 Å². The Morgan fingerprint density at radius 2 is 1.91 bits per heavy atom. The van der Waals surface area contributed by atoms with Gasteiger partial charge in [0.1, 0.15) is 11.0 Å². The normalized spacial score (nSPS) is 22.3. The van der Waals surface area contributed by atoms with Crippen molar-refractivity contribution in [2.75, 3.05) is 6.61 Å². The van der Waals surface area contributed by atoms with Gasteiger partial charge in [0.05, 0.1) is 34.2 Å². The van der Waals surface area contributed by atoms with E-state index in [0.717, 1.165) is 24.2 Å². The summed E-state index contributed by atoms with van der Waals surface area (Å²) in [6.45, 7) is 0.362. The second-order valence-corrected chi connectivity index (χ2v) is 9.36. The van der Waals surface area contributed by atoms with Gasteiger partial charge in [-0.2, -0.15) is 13.2 Å².